The lowest BCUT2D eigenvalue weighted by molar-refractivity contribution is 0.408. The first-order valence-electron chi connectivity index (χ1n) is 7.26. The second-order valence-corrected chi connectivity index (χ2v) is 6.13. The molecule has 0 saturated carbocycles. The molecule has 0 radical (unpaired) electrons. The smallest absolute Gasteiger partial charge is 0.123 e. The molecule has 1 atom stereocenters. The Morgan fingerprint density at radius 3 is 2.30 bits per heavy atom. The molecule has 20 heavy (non-hydrogen) atoms. The van der Waals surface area contributed by atoms with Gasteiger partial charge in [-0.25, -0.2) is 4.39 Å². The van der Waals surface area contributed by atoms with E-state index >= 15 is 0 Å². The van der Waals surface area contributed by atoms with Gasteiger partial charge in [0.1, 0.15) is 5.82 Å². The van der Waals surface area contributed by atoms with Crippen molar-refractivity contribution in [3.63, 3.8) is 0 Å². The fourth-order valence-corrected chi connectivity index (χ4v) is 2.25. The molecule has 114 valence electrons. The van der Waals surface area contributed by atoms with Crippen molar-refractivity contribution in [1.29, 1.82) is 0 Å². The summed E-state index contributed by atoms with van der Waals surface area (Å²) in [5, 5.41) is 0. The van der Waals surface area contributed by atoms with Gasteiger partial charge in [-0.2, -0.15) is 0 Å². The van der Waals surface area contributed by atoms with Crippen LogP contribution in [0, 0.1) is 11.7 Å². The van der Waals surface area contributed by atoms with Gasteiger partial charge >= 0.3 is 0 Å². The largest absolute Gasteiger partial charge is 0.370 e. The molecule has 0 amide bonds. The second kappa shape index (κ2) is 7.60. The van der Waals surface area contributed by atoms with E-state index in [0.29, 0.717) is 5.92 Å². The summed E-state index contributed by atoms with van der Waals surface area (Å²) in [5.41, 5.74) is 7.94. The number of benzene rings is 1. The zero-order valence-electron chi connectivity index (χ0n) is 13.4. The van der Waals surface area contributed by atoms with Crippen molar-refractivity contribution in [2.24, 2.45) is 11.7 Å². The Morgan fingerprint density at radius 2 is 1.80 bits per heavy atom. The number of hydrogen-bond donors (Lipinski definition) is 1. The topological polar surface area (TPSA) is 32.5 Å². The van der Waals surface area contributed by atoms with Gasteiger partial charge in [0.05, 0.1) is 0 Å². The SMILES string of the molecule is CC(C)CN(CCN(C)C)c1ccc(F)cc1[C@@H](C)N. The number of hydrogen-bond acceptors (Lipinski definition) is 3. The van der Waals surface area contributed by atoms with Crippen LogP contribution in [-0.4, -0.2) is 38.6 Å². The molecular weight excluding hydrogens is 253 g/mol. The molecule has 1 rings (SSSR count). The minimum atomic E-state index is -0.224. The van der Waals surface area contributed by atoms with Gasteiger partial charge in [0.15, 0.2) is 0 Å². The third kappa shape index (κ3) is 5.10. The molecule has 0 aliphatic rings. The summed E-state index contributed by atoms with van der Waals surface area (Å²) in [5.74, 6) is 0.321. The van der Waals surface area contributed by atoms with Gasteiger partial charge in [0.25, 0.3) is 0 Å². The van der Waals surface area contributed by atoms with Gasteiger partial charge in [-0.15, -0.1) is 0 Å². The Labute approximate surface area is 122 Å². The first-order valence-corrected chi connectivity index (χ1v) is 7.26. The summed E-state index contributed by atoms with van der Waals surface area (Å²) in [4.78, 5) is 4.46. The molecule has 4 heteroatoms. The van der Waals surface area contributed by atoms with Crippen molar-refractivity contribution >= 4 is 5.69 Å². The van der Waals surface area contributed by atoms with Gasteiger partial charge in [0.2, 0.25) is 0 Å². The van der Waals surface area contributed by atoms with Gasteiger partial charge in [-0.3, -0.25) is 0 Å². The fraction of sp³-hybridized carbons (Fsp3) is 0.625. The molecular formula is C16H28FN3. The Morgan fingerprint density at radius 1 is 1.15 bits per heavy atom. The lowest BCUT2D eigenvalue weighted by Gasteiger charge is -2.31. The van der Waals surface area contributed by atoms with Crippen LogP contribution in [0.3, 0.4) is 0 Å². The highest BCUT2D eigenvalue weighted by atomic mass is 19.1. The lowest BCUT2D eigenvalue weighted by atomic mass is 10.0. The van der Waals surface area contributed by atoms with E-state index in [1.54, 1.807) is 6.07 Å². The molecule has 1 aromatic carbocycles. The number of anilines is 1. The molecule has 0 spiro atoms. The second-order valence-electron chi connectivity index (χ2n) is 6.13. The Bertz CT molecular complexity index is 416. The zero-order chi connectivity index (χ0) is 15.3. The molecule has 0 aromatic heterocycles. The van der Waals surface area contributed by atoms with Gasteiger partial charge in [0, 0.05) is 31.4 Å². The third-order valence-electron chi connectivity index (χ3n) is 3.22. The summed E-state index contributed by atoms with van der Waals surface area (Å²) >= 11 is 0. The Balaban J connectivity index is 3.05. The predicted octanol–water partition coefficient (Wildman–Crippen LogP) is 2.87. The van der Waals surface area contributed by atoms with Crippen molar-refractivity contribution in [3.05, 3.63) is 29.6 Å². The summed E-state index contributed by atoms with van der Waals surface area (Å²) in [6, 6.07) is 4.76. The molecule has 0 bridgehead atoms. The van der Waals surface area contributed by atoms with Gasteiger partial charge < -0.3 is 15.5 Å². The van der Waals surface area contributed by atoms with Crippen molar-refractivity contribution in [3.8, 4) is 0 Å². The highest BCUT2D eigenvalue weighted by Gasteiger charge is 2.16. The molecule has 0 unspecified atom stereocenters. The monoisotopic (exact) mass is 281 g/mol. The molecule has 0 fully saturated rings. The van der Waals surface area contributed by atoms with Crippen LogP contribution in [-0.2, 0) is 0 Å². The molecule has 2 N–H and O–H groups in total. The molecule has 0 saturated heterocycles. The van der Waals surface area contributed by atoms with E-state index in [1.165, 1.54) is 6.07 Å². The third-order valence-corrected chi connectivity index (χ3v) is 3.22. The van der Waals surface area contributed by atoms with Gasteiger partial charge in [-0.1, -0.05) is 13.8 Å². The van der Waals surface area contributed by atoms with E-state index in [4.69, 9.17) is 5.73 Å². The van der Waals surface area contributed by atoms with Crippen LogP contribution in [0.4, 0.5) is 10.1 Å². The van der Waals surface area contributed by atoms with E-state index in [-0.39, 0.29) is 11.9 Å². The van der Waals surface area contributed by atoms with Crippen molar-refractivity contribution in [2.75, 3.05) is 38.6 Å². The Hall–Kier alpha value is -1.13. The van der Waals surface area contributed by atoms with Crippen molar-refractivity contribution < 1.29 is 4.39 Å². The maximum Gasteiger partial charge on any atom is 0.123 e. The normalized spacial score (nSPS) is 13.1. The average molecular weight is 281 g/mol. The first-order chi connectivity index (χ1) is 9.31. The average Bonchev–Trinajstić information content (AvgIpc) is 2.33. The van der Waals surface area contributed by atoms with E-state index in [1.807, 2.05) is 13.0 Å². The lowest BCUT2D eigenvalue weighted by Crippen LogP contribution is -2.35. The fourth-order valence-electron chi connectivity index (χ4n) is 2.25. The van der Waals surface area contributed by atoms with Crippen LogP contribution in [0.5, 0.6) is 0 Å². The van der Waals surface area contributed by atoms with Crippen LogP contribution in [0.25, 0.3) is 0 Å². The van der Waals surface area contributed by atoms with Crippen molar-refractivity contribution in [1.82, 2.24) is 4.90 Å². The highest BCUT2D eigenvalue weighted by molar-refractivity contribution is 5.55. The van der Waals surface area contributed by atoms with Crippen LogP contribution in [0.1, 0.15) is 32.4 Å². The number of nitrogens with zero attached hydrogens (tertiary/aromatic N) is 2. The number of halogens is 1. The van der Waals surface area contributed by atoms with Crippen molar-refractivity contribution in [2.45, 2.75) is 26.8 Å². The van der Waals surface area contributed by atoms with Crippen LogP contribution in [0.15, 0.2) is 18.2 Å². The van der Waals surface area contributed by atoms with E-state index in [9.17, 15) is 4.39 Å². The summed E-state index contributed by atoms with van der Waals surface area (Å²) < 4.78 is 13.5. The van der Waals surface area contributed by atoms with Crippen LogP contribution >= 0.6 is 0 Å². The van der Waals surface area contributed by atoms with Gasteiger partial charge in [-0.05, 0) is 50.7 Å². The predicted molar refractivity (Wildman–Crippen MR) is 84.6 cm³/mol. The molecule has 0 aliphatic heterocycles. The quantitative estimate of drug-likeness (QED) is 0.834. The van der Waals surface area contributed by atoms with E-state index in [0.717, 1.165) is 30.9 Å². The van der Waals surface area contributed by atoms with Crippen LogP contribution < -0.4 is 10.6 Å². The minimum absolute atomic E-state index is 0.172. The summed E-state index contributed by atoms with van der Waals surface area (Å²) in [6.07, 6.45) is 0. The summed E-state index contributed by atoms with van der Waals surface area (Å²) in [6.45, 7) is 9.10. The molecule has 1 aromatic rings. The first kappa shape index (κ1) is 16.9. The maximum absolute atomic E-state index is 13.5. The standard InChI is InChI=1S/C16H28FN3/c1-12(2)11-20(9-8-19(4)5)16-7-6-14(17)10-15(16)13(3)18/h6-7,10,12-13H,8-9,11,18H2,1-5H3/t13-/m1/s1. The molecule has 0 aliphatic carbocycles. The van der Waals surface area contributed by atoms with E-state index in [2.05, 4.69) is 37.7 Å². The number of rotatable bonds is 7. The highest BCUT2D eigenvalue weighted by Crippen LogP contribution is 2.27. The zero-order valence-corrected chi connectivity index (χ0v) is 13.4. The number of nitrogens with two attached hydrogens (primary N) is 1. The summed E-state index contributed by atoms with van der Waals surface area (Å²) in [7, 11) is 4.12. The van der Waals surface area contributed by atoms with Crippen LogP contribution in [0.2, 0.25) is 0 Å². The maximum atomic E-state index is 13.5. The molecule has 3 nitrogen and oxygen atoms in total. The Kier molecular flexibility index (Phi) is 6.43. The van der Waals surface area contributed by atoms with E-state index < -0.39 is 0 Å². The number of likely N-dealkylation sites (N-methyl/N-ethyl adjacent to an activating group) is 1. The minimum Gasteiger partial charge on any atom is -0.370 e. The molecule has 0 heterocycles.